The Bertz CT molecular complexity index is 864. The Balaban J connectivity index is 1.55. The molecule has 1 aliphatic heterocycles. The number of amides is 2. The van der Waals surface area contributed by atoms with Crippen LogP contribution >= 0.6 is 0 Å². The third-order valence-corrected chi connectivity index (χ3v) is 4.50. The van der Waals surface area contributed by atoms with Gasteiger partial charge in [0.25, 0.3) is 5.91 Å². The van der Waals surface area contributed by atoms with Crippen LogP contribution in [0.15, 0.2) is 48.5 Å². The van der Waals surface area contributed by atoms with E-state index in [9.17, 15) is 14.4 Å². The number of carbonyl (C=O) groups excluding carboxylic acids is 3. The molecular formula is C21H22N2O4. The molecule has 1 fully saturated rings. The van der Waals surface area contributed by atoms with Gasteiger partial charge >= 0.3 is 5.97 Å². The number of para-hydroxylation sites is 1. The molecule has 0 unspecified atom stereocenters. The molecule has 2 aromatic carbocycles. The Morgan fingerprint density at radius 1 is 1.15 bits per heavy atom. The monoisotopic (exact) mass is 366 g/mol. The lowest BCUT2D eigenvalue weighted by Crippen LogP contribution is -2.28. The summed E-state index contributed by atoms with van der Waals surface area (Å²) in [6.45, 7) is 3.82. The molecule has 1 heterocycles. The number of rotatable bonds is 5. The van der Waals surface area contributed by atoms with Crippen LogP contribution in [0.25, 0.3) is 0 Å². The lowest BCUT2D eigenvalue weighted by atomic mass is 10.1. The third kappa shape index (κ3) is 4.53. The normalized spacial score (nSPS) is 16.3. The molecule has 6 nitrogen and oxygen atoms in total. The van der Waals surface area contributed by atoms with Gasteiger partial charge in [0.05, 0.1) is 5.92 Å². The van der Waals surface area contributed by atoms with Crippen molar-refractivity contribution in [1.82, 2.24) is 0 Å². The fraction of sp³-hybridized carbons (Fsp3) is 0.286. The van der Waals surface area contributed by atoms with Crippen LogP contribution in [-0.2, 0) is 19.1 Å². The molecule has 2 amide bonds. The number of aryl methyl sites for hydroxylation is 2. The Morgan fingerprint density at radius 3 is 2.59 bits per heavy atom. The van der Waals surface area contributed by atoms with Crippen molar-refractivity contribution in [2.45, 2.75) is 20.3 Å². The predicted octanol–water partition coefficient (Wildman–Crippen LogP) is 2.84. The molecule has 0 bridgehead atoms. The Morgan fingerprint density at radius 2 is 1.89 bits per heavy atom. The van der Waals surface area contributed by atoms with Gasteiger partial charge < -0.3 is 15.0 Å². The molecule has 0 aliphatic carbocycles. The molecule has 1 atom stereocenters. The minimum absolute atomic E-state index is 0.0897. The van der Waals surface area contributed by atoms with E-state index < -0.39 is 17.8 Å². The van der Waals surface area contributed by atoms with Crippen LogP contribution in [0, 0.1) is 19.8 Å². The highest BCUT2D eigenvalue weighted by Crippen LogP contribution is 2.29. The number of anilines is 2. The second-order valence-electron chi connectivity index (χ2n) is 6.72. The Labute approximate surface area is 158 Å². The highest BCUT2D eigenvalue weighted by Gasteiger charge is 2.36. The van der Waals surface area contributed by atoms with Crippen LogP contribution in [-0.4, -0.2) is 30.9 Å². The summed E-state index contributed by atoms with van der Waals surface area (Å²) < 4.78 is 5.11. The van der Waals surface area contributed by atoms with Gasteiger partial charge in [-0.1, -0.05) is 35.9 Å². The number of hydrogen-bond donors (Lipinski definition) is 1. The van der Waals surface area contributed by atoms with Crippen molar-refractivity contribution in [3.8, 4) is 0 Å². The smallest absolute Gasteiger partial charge is 0.311 e. The van der Waals surface area contributed by atoms with Crippen LogP contribution < -0.4 is 10.2 Å². The summed E-state index contributed by atoms with van der Waals surface area (Å²) >= 11 is 0. The van der Waals surface area contributed by atoms with Crippen molar-refractivity contribution in [2.24, 2.45) is 5.92 Å². The van der Waals surface area contributed by atoms with E-state index in [2.05, 4.69) is 5.32 Å². The van der Waals surface area contributed by atoms with Crippen molar-refractivity contribution in [3.05, 3.63) is 59.7 Å². The standard InChI is InChI=1S/C21H22N2O4/c1-14-8-9-18(15(2)10-14)23-12-16(11-20(23)25)21(26)27-13-19(24)22-17-6-4-3-5-7-17/h3-10,16H,11-13H2,1-2H3,(H,22,24)/t16-/m0/s1. The van der Waals surface area contributed by atoms with E-state index in [-0.39, 0.29) is 25.5 Å². The number of esters is 1. The summed E-state index contributed by atoms with van der Waals surface area (Å²) in [6.07, 6.45) is 0.0897. The van der Waals surface area contributed by atoms with E-state index in [0.717, 1.165) is 16.8 Å². The van der Waals surface area contributed by atoms with E-state index in [4.69, 9.17) is 4.74 Å². The van der Waals surface area contributed by atoms with Gasteiger partial charge in [0, 0.05) is 24.3 Å². The second kappa shape index (κ2) is 8.03. The average molecular weight is 366 g/mol. The van der Waals surface area contributed by atoms with Crippen molar-refractivity contribution in [3.63, 3.8) is 0 Å². The van der Waals surface area contributed by atoms with Gasteiger partial charge in [0.2, 0.25) is 5.91 Å². The summed E-state index contributed by atoms with van der Waals surface area (Å²) in [5.74, 6) is -1.62. The van der Waals surface area contributed by atoms with E-state index in [0.29, 0.717) is 5.69 Å². The average Bonchev–Trinajstić information content (AvgIpc) is 3.02. The summed E-state index contributed by atoms with van der Waals surface area (Å²) in [7, 11) is 0. The maximum absolute atomic E-state index is 12.3. The number of hydrogen-bond acceptors (Lipinski definition) is 4. The van der Waals surface area contributed by atoms with Gasteiger partial charge in [0.1, 0.15) is 0 Å². The van der Waals surface area contributed by atoms with E-state index in [1.165, 1.54) is 0 Å². The first kappa shape index (κ1) is 18.6. The first-order valence-electron chi connectivity index (χ1n) is 8.83. The molecule has 0 spiro atoms. The van der Waals surface area contributed by atoms with Crippen molar-refractivity contribution in [2.75, 3.05) is 23.4 Å². The van der Waals surface area contributed by atoms with Gasteiger partial charge in [-0.05, 0) is 37.6 Å². The quantitative estimate of drug-likeness (QED) is 0.826. The number of carbonyl (C=O) groups is 3. The Hall–Kier alpha value is -3.15. The molecule has 2 aromatic rings. The molecule has 1 aliphatic rings. The van der Waals surface area contributed by atoms with Crippen LogP contribution in [0.4, 0.5) is 11.4 Å². The van der Waals surface area contributed by atoms with Crippen LogP contribution in [0.5, 0.6) is 0 Å². The lowest BCUT2D eigenvalue weighted by Gasteiger charge is -2.19. The summed E-state index contributed by atoms with van der Waals surface area (Å²) in [6, 6.07) is 14.8. The van der Waals surface area contributed by atoms with Crippen LogP contribution in [0.3, 0.4) is 0 Å². The minimum atomic E-state index is -0.567. The molecule has 27 heavy (non-hydrogen) atoms. The summed E-state index contributed by atoms with van der Waals surface area (Å²) in [4.78, 5) is 38.1. The maximum atomic E-state index is 12.3. The van der Waals surface area contributed by atoms with Gasteiger partial charge in [-0.15, -0.1) is 0 Å². The predicted molar refractivity (Wildman–Crippen MR) is 102 cm³/mol. The van der Waals surface area contributed by atoms with Crippen molar-refractivity contribution >= 4 is 29.2 Å². The highest BCUT2D eigenvalue weighted by atomic mass is 16.5. The second-order valence-corrected chi connectivity index (χ2v) is 6.72. The number of nitrogens with zero attached hydrogens (tertiary/aromatic N) is 1. The summed E-state index contributed by atoms with van der Waals surface area (Å²) in [5.41, 5.74) is 3.54. The molecule has 0 aromatic heterocycles. The fourth-order valence-electron chi connectivity index (χ4n) is 3.18. The lowest BCUT2D eigenvalue weighted by molar-refractivity contribution is -0.151. The third-order valence-electron chi connectivity index (χ3n) is 4.50. The first-order chi connectivity index (χ1) is 12.9. The molecule has 140 valence electrons. The van der Waals surface area contributed by atoms with Crippen LogP contribution in [0.2, 0.25) is 0 Å². The van der Waals surface area contributed by atoms with Gasteiger partial charge in [-0.25, -0.2) is 0 Å². The van der Waals surface area contributed by atoms with Crippen molar-refractivity contribution < 1.29 is 19.1 Å². The fourth-order valence-corrected chi connectivity index (χ4v) is 3.18. The molecule has 1 saturated heterocycles. The maximum Gasteiger partial charge on any atom is 0.311 e. The van der Waals surface area contributed by atoms with E-state index in [1.54, 1.807) is 29.2 Å². The Kier molecular flexibility index (Phi) is 5.54. The van der Waals surface area contributed by atoms with E-state index >= 15 is 0 Å². The molecule has 0 saturated carbocycles. The topological polar surface area (TPSA) is 75.7 Å². The molecule has 1 N–H and O–H groups in total. The van der Waals surface area contributed by atoms with E-state index in [1.807, 2.05) is 38.1 Å². The van der Waals surface area contributed by atoms with Gasteiger partial charge in [-0.3, -0.25) is 14.4 Å². The zero-order chi connectivity index (χ0) is 19.4. The number of benzene rings is 2. The zero-order valence-electron chi connectivity index (χ0n) is 15.4. The number of nitrogens with one attached hydrogen (secondary N) is 1. The van der Waals surface area contributed by atoms with Gasteiger partial charge in [-0.2, -0.15) is 0 Å². The molecule has 0 radical (unpaired) electrons. The zero-order valence-corrected chi connectivity index (χ0v) is 15.4. The van der Waals surface area contributed by atoms with Crippen molar-refractivity contribution in [1.29, 1.82) is 0 Å². The van der Waals surface area contributed by atoms with Crippen LogP contribution in [0.1, 0.15) is 17.5 Å². The highest BCUT2D eigenvalue weighted by molar-refractivity contribution is 6.00. The van der Waals surface area contributed by atoms with Gasteiger partial charge in [0.15, 0.2) is 6.61 Å². The largest absolute Gasteiger partial charge is 0.455 e. The molecule has 3 rings (SSSR count). The molecular weight excluding hydrogens is 344 g/mol. The first-order valence-corrected chi connectivity index (χ1v) is 8.83. The molecule has 6 heteroatoms. The number of ether oxygens (including phenoxy) is 1. The summed E-state index contributed by atoms with van der Waals surface area (Å²) in [5, 5.41) is 2.65. The SMILES string of the molecule is Cc1ccc(N2C[C@@H](C(=O)OCC(=O)Nc3ccccc3)CC2=O)c(C)c1. The minimum Gasteiger partial charge on any atom is -0.455 e.